The molecule has 1 N–H and O–H groups in total. The van der Waals surface area contributed by atoms with Crippen LogP contribution in [0, 0.1) is 5.41 Å². The molecule has 0 saturated heterocycles. The van der Waals surface area contributed by atoms with Crippen LogP contribution < -0.4 is 0 Å². The lowest BCUT2D eigenvalue weighted by molar-refractivity contribution is -0.152. The Kier molecular flexibility index (Phi) is 5.22. The van der Waals surface area contributed by atoms with Crippen LogP contribution in [0.5, 0.6) is 0 Å². The van der Waals surface area contributed by atoms with Crippen LogP contribution >= 0.6 is 0 Å². The van der Waals surface area contributed by atoms with E-state index >= 15 is 0 Å². The van der Waals surface area contributed by atoms with Gasteiger partial charge in [-0.15, -0.1) is 0 Å². The molecule has 1 aromatic rings. The third kappa shape index (κ3) is 3.32. The van der Waals surface area contributed by atoms with Crippen LogP contribution in [-0.2, 0) is 9.53 Å². The minimum atomic E-state index is -0.662. The highest BCUT2D eigenvalue weighted by Gasteiger charge is 2.42. The second kappa shape index (κ2) is 6.95. The monoisotopic (exact) mass is 304 g/mol. The summed E-state index contributed by atoms with van der Waals surface area (Å²) in [7, 11) is 1.36. The molecule has 0 bridgehead atoms. The predicted octanol–water partition coefficient (Wildman–Crippen LogP) is 4.00. The first-order chi connectivity index (χ1) is 10.5. The summed E-state index contributed by atoms with van der Waals surface area (Å²) in [6.45, 7) is 2.04. The molecular weight excluding hydrogens is 280 g/mol. The summed E-state index contributed by atoms with van der Waals surface area (Å²) < 4.78 is 4.70. The van der Waals surface area contributed by atoms with Crippen molar-refractivity contribution in [3.63, 3.8) is 0 Å². The molecule has 0 amide bonds. The number of carboxylic acid groups (broad SMARTS) is 1. The maximum Gasteiger partial charge on any atom is 0.337 e. The number of carbonyl (C=O) groups excluding carboxylic acids is 1. The second-order valence-electron chi connectivity index (χ2n) is 6.24. The van der Waals surface area contributed by atoms with Crippen molar-refractivity contribution in [2.24, 2.45) is 5.41 Å². The molecule has 1 aliphatic rings. The van der Waals surface area contributed by atoms with Crippen LogP contribution in [0.25, 0.3) is 0 Å². The maximum atomic E-state index is 11.8. The molecule has 0 aliphatic heterocycles. The van der Waals surface area contributed by atoms with Crippen molar-refractivity contribution in [1.29, 1.82) is 0 Å². The zero-order valence-electron chi connectivity index (χ0n) is 13.3. The number of methoxy groups -OCH3 is 1. The summed E-state index contributed by atoms with van der Waals surface area (Å²) in [6.07, 6.45) is 5.03. The summed E-state index contributed by atoms with van der Waals surface area (Å²) in [6, 6.07) is 7.39. The van der Waals surface area contributed by atoms with Crippen molar-refractivity contribution in [2.75, 3.05) is 7.11 Å². The normalized spacial score (nSPS) is 24.7. The Labute approximate surface area is 131 Å². The summed E-state index contributed by atoms with van der Waals surface area (Å²) in [5.74, 6) is -0.755. The van der Waals surface area contributed by atoms with E-state index in [9.17, 15) is 14.7 Å². The van der Waals surface area contributed by atoms with Gasteiger partial charge in [-0.25, -0.2) is 4.79 Å². The highest BCUT2D eigenvalue weighted by molar-refractivity contribution is 5.89. The predicted molar refractivity (Wildman–Crippen MR) is 84.0 cm³/mol. The molecule has 2 atom stereocenters. The van der Waals surface area contributed by atoms with Crippen molar-refractivity contribution in [3.8, 4) is 0 Å². The topological polar surface area (TPSA) is 63.6 Å². The van der Waals surface area contributed by atoms with E-state index in [1.54, 1.807) is 12.1 Å². The van der Waals surface area contributed by atoms with Crippen molar-refractivity contribution in [3.05, 3.63) is 35.4 Å². The minimum absolute atomic E-state index is 0.253. The van der Waals surface area contributed by atoms with E-state index in [0.717, 1.165) is 37.7 Å². The summed E-state index contributed by atoms with van der Waals surface area (Å²) in [5.41, 5.74) is 1.06. The lowest BCUT2D eigenvalue weighted by Crippen LogP contribution is -2.35. The number of esters is 1. The number of rotatable bonds is 5. The summed E-state index contributed by atoms with van der Waals surface area (Å²) >= 11 is 0. The van der Waals surface area contributed by atoms with Gasteiger partial charge >= 0.3 is 11.9 Å². The largest absolute Gasteiger partial charge is 0.481 e. The molecule has 2 rings (SSSR count). The molecule has 1 aliphatic carbocycles. The van der Waals surface area contributed by atoms with Gasteiger partial charge in [-0.2, -0.15) is 0 Å². The third-order valence-corrected chi connectivity index (χ3v) is 4.83. The molecule has 0 aromatic heterocycles. The van der Waals surface area contributed by atoms with Gasteiger partial charge in [0.1, 0.15) is 0 Å². The molecule has 0 radical (unpaired) electrons. The van der Waals surface area contributed by atoms with E-state index in [2.05, 4.69) is 0 Å². The van der Waals surface area contributed by atoms with Gasteiger partial charge in [0.25, 0.3) is 0 Å². The van der Waals surface area contributed by atoms with Gasteiger partial charge in [0.2, 0.25) is 0 Å². The zero-order chi connectivity index (χ0) is 16.2. The van der Waals surface area contributed by atoms with Crippen LogP contribution in [0.4, 0.5) is 0 Å². The molecule has 1 aromatic carbocycles. The number of benzene rings is 1. The van der Waals surface area contributed by atoms with Crippen LogP contribution in [0.3, 0.4) is 0 Å². The number of ether oxygens (including phenoxy) is 1. The number of aliphatic carboxylic acids is 1. The first kappa shape index (κ1) is 16.5. The second-order valence-corrected chi connectivity index (χ2v) is 6.24. The number of carbonyl (C=O) groups is 2. The maximum absolute atomic E-state index is 11.8. The summed E-state index contributed by atoms with van der Waals surface area (Å²) in [5, 5.41) is 9.67. The zero-order valence-corrected chi connectivity index (χ0v) is 13.3. The lowest BCUT2D eigenvalue weighted by Gasteiger charge is -2.38. The molecule has 0 spiro atoms. The molecule has 1 saturated carbocycles. The molecule has 120 valence electrons. The molecule has 4 heteroatoms. The standard InChI is InChI=1S/C18H24O4/c1-3-10-18(17(20)21)11-4-5-15(12-18)13-6-8-14(9-7-13)16(19)22-2/h6-9,15H,3-5,10-12H2,1-2H3,(H,20,21)/t15?,18-/m1/s1. The Morgan fingerprint density at radius 3 is 2.55 bits per heavy atom. The third-order valence-electron chi connectivity index (χ3n) is 4.83. The number of carboxylic acids is 1. The van der Waals surface area contributed by atoms with Crippen molar-refractivity contribution in [1.82, 2.24) is 0 Å². The SMILES string of the molecule is CCC[C@@]1(C(=O)O)CCCC(c2ccc(C(=O)OC)cc2)C1. The fourth-order valence-electron chi connectivity index (χ4n) is 3.66. The Balaban J connectivity index is 2.18. The smallest absolute Gasteiger partial charge is 0.337 e. The van der Waals surface area contributed by atoms with Gasteiger partial charge in [-0.1, -0.05) is 31.9 Å². The van der Waals surface area contributed by atoms with Crippen molar-refractivity contribution >= 4 is 11.9 Å². The Morgan fingerprint density at radius 1 is 1.32 bits per heavy atom. The van der Waals surface area contributed by atoms with Crippen LogP contribution in [0.2, 0.25) is 0 Å². The van der Waals surface area contributed by atoms with Gasteiger partial charge in [0.05, 0.1) is 18.1 Å². The van der Waals surface area contributed by atoms with Gasteiger partial charge in [-0.05, 0) is 49.3 Å². The van der Waals surface area contributed by atoms with Gasteiger partial charge < -0.3 is 9.84 Å². The van der Waals surface area contributed by atoms with Gasteiger partial charge in [0, 0.05) is 0 Å². The molecular formula is C18H24O4. The first-order valence-electron chi connectivity index (χ1n) is 7.94. The van der Waals surface area contributed by atoms with Crippen molar-refractivity contribution in [2.45, 2.75) is 51.4 Å². The fourth-order valence-corrected chi connectivity index (χ4v) is 3.66. The Morgan fingerprint density at radius 2 is 2.00 bits per heavy atom. The summed E-state index contributed by atoms with van der Waals surface area (Å²) in [4.78, 5) is 23.2. The molecule has 4 nitrogen and oxygen atoms in total. The van der Waals surface area contributed by atoms with Crippen LogP contribution in [0.15, 0.2) is 24.3 Å². The first-order valence-corrected chi connectivity index (χ1v) is 7.94. The highest BCUT2D eigenvalue weighted by atomic mass is 16.5. The van der Waals surface area contributed by atoms with Gasteiger partial charge in [-0.3, -0.25) is 4.79 Å². The number of hydrogen-bond acceptors (Lipinski definition) is 3. The van der Waals surface area contributed by atoms with Crippen molar-refractivity contribution < 1.29 is 19.4 Å². The average molecular weight is 304 g/mol. The number of hydrogen-bond donors (Lipinski definition) is 1. The fraction of sp³-hybridized carbons (Fsp3) is 0.556. The molecule has 22 heavy (non-hydrogen) atoms. The quantitative estimate of drug-likeness (QED) is 0.835. The Bertz CT molecular complexity index is 531. The van der Waals surface area contributed by atoms with E-state index in [-0.39, 0.29) is 11.9 Å². The molecule has 1 unspecified atom stereocenters. The van der Waals surface area contributed by atoms with E-state index < -0.39 is 11.4 Å². The van der Waals surface area contributed by atoms with Crippen LogP contribution in [0.1, 0.15) is 67.3 Å². The van der Waals surface area contributed by atoms with E-state index in [1.165, 1.54) is 7.11 Å². The average Bonchev–Trinajstić information content (AvgIpc) is 2.54. The minimum Gasteiger partial charge on any atom is -0.481 e. The van der Waals surface area contributed by atoms with Crippen LogP contribution in [-0.4, -0.2) is 24.2 Å². The van der Waals surface area contributed by atoms with E-state index in [0.29, 0.717) is 12.0 Å². The molecule has 0 heterocycles. The Hall–Kier alpha value is -1.84. The molecule has 1 fully saturated rings. The van der Waals surface area contributed by atoms with Gasteiger partial charge in [0.15, 0.2) is 0 Å². The van der Waals surface area contributed by atoms with E-state index in [4.69, 9.17) is 4.74 Å². The van der Waals surface area contributed by atoms with E-state index in [1.807, 2.05) is 19.1 Å². The highest BCUT2D eigenvalue weighted by Crippen LogP contribution is 2.46. The lowest BCUT2D eigenvalue weighted by atomic mass is 9.66.